The molecule has 29 heavy (non-hydrogen) atoms. The molecule has 3 aromatic rings. The van der Waals surface area contributed by atoms with E-state index >= 15 is 0 Å². The minimum absolute atomic E-state index is 0.101. The normalized spacial score (nSPS) is 14.9. The van der Waals surface area contributed by atoms with Crippen molar-refractivity contribution in [2.45, 2.75) is 6.18 Å². The zero-order valence-corrected chi connectivity index (χ0v) is 15.4. The average molecular weight is 401 g/mol. The number of carbonyl (C=O) groups excluding carboxylic acids is 1. The van der Waals surface area contributed by atoms with Gasteiger partial charge in [-0.25, -0.2) is 14.8 Å². The number of anilines is 2. The van der Waals surface area contributed by atoms with Crippen molar-refractivity contribution in [1.82, 2.24) is 14.9 Å². The van der Waals surface area contributed by atoms with Crippen LogP contribution in [0.25, 0.3) is 10.8 Å². The van der Waals surface area contributed by atoms with E-state index in [1.807, 2.05) is 24.3 Å². The van der Waals surface area contributed by atoms with Gasteiger partial charge in [-0.3, -0.25) is 5.32 Å². The SMILES string of the molecule is O=C(Nc1cc2ccccc2cn1)N1CCN(c2ncccc2C(F)(F)F)CC1. The number of hydrogen-bond acceptors (Lipinski definition) is 4. The molecule has 0 saturated carbocycles. The van der Waals surface area contributed by atoms with E-state index in [2.05, 4.69) is 15.3 Å². The fraction of sp³-hybridized carbons (Fsp3) is 0.250. The molecular weight excluding hydrogens is 383 g/mol. The molecule has 0 bridgehead atoms. The highest BCUT2D eigenvalue weighted by Gasteiger charge is 2.36. The van der Waals surface area contributed by atoms with Gasteiger partial charge in [-0.2, -0.15) is 13.2 Å². The zero-order valence-electron chi connectivity index (χ0n) is 15.4. The van der Waals surface area contributed by atoms with Crippen molar-refractivity contribution in [2.75, 3.05) is 36.4 Å². The number of fused-ring (bicyclic) bond motifs is 1. The topological polar surface area (TPSA) is 61.4 Å². The second-order valence-corrected chi connectivity index (χ2v) is 6.69. The molecule has 0 spiro atoms. The number of hydrogen-bond donors (Lipinski definition) is 1. The molecule has 1 aliphatic rings. The zero-order chi connectivity index (χ0) is 20.4. The number of aromatic nitrogens is 2. The summed E-state index contributed by atoms with van der Waals surface area (Å²) in [4.78, 5) is 23.8. The molecule has 1 aromatic carbocycles. The number of rotatable bonds is 2. The van der Waals surface area contributed by atoms with Gasteiger partial charge in [0.2, 0.25) is 0 Å². The summed E-state index contributed by atoms with van der Waals surface area (Å²) >= 11 is 0. The summed E-state index contributed by atoms with van der Waals surface area (Å²) in [6, 6.07) is 11.4. The number of benzene rings is 1. The lowest BCUT2D eigenvalue weighted by Gasteiger charge is -2.36. The number of nitrogens with one attached hydrogen (secondary N) is 1. The van der Waals surface area contributed by atoms with Crippen LogP contribution in [0.15, 0.2) is 54.9 Å². The van der Waals surface area contributed by atoms with Gasteiger partial charge in [-0.1, -0.05) is 24.3 Å². The molecule has 2 amide bonds. The predicted octanol–water partition coefficient (Wildman–Crippen LogP) is 4.00. The molecule has 9 heteroatoms. The van der Waals surface area contributed by atoms with Gasteiger partial charge >= 0.3 is 12.2 Å². The minimum atomic E-state index is -4.47. The Hall–Kier alpha value is -3.36. The van der Waals surface area contributed by atoms with Gasteiger partial charge in [-0.15, -0.1) is 0 Å². The lowest BCUT2D eigenvalue weighted by Crippen LogP contribution is -2.50. The molecule has 0 radical (unpaired) electrons. The highest BCUT2D eigenvalue weighted by atomic mass is 19.4. The van der Waals surface area contributed by atoms with Gasteiger partial charge in [0.05, 0.1) is 5.56 Å². The molecule has 0 unspecified atom stereocenters. The molecule has 2 aromatic heterocycles. The van der Waals surface area contributed by atoms with Gasteiger partial charge < -0.3 is 9.80 Å². The van der Waals surface area contributed by atoms with Crippen molar-refractivity contribution >= 4 is 28.4 Å². The van der Waals surface area contributed by atoms with Crippen LogP contribution in [0.4, 0.5) is 29.6 Å². The first-order chi connectivity index (χ1) is 13.9. The summed E-state index contributed by atoms with van der Waals surface area (Å²) in [5.41, 5.74) is -0.765. The molecule has 0 atom stereocenters. The number of halogens is 3. The number of carbonyl (C=O) groups is 1. The molecule has 0 aliphatic carbocycles. The maximum Gasteiger partial charge on any atom is 0.419 e. The Morgan fingerprint density at radius 2 is 1.69 bits per heavy atom. The van der Waals surface area contributed by atoms with Gasteiger partial charge in [0.15, 0.2) is 0 Å². The maximum absolute atomic E-state index is 13.2. The third-order valence-electron chi connectivity index (χ3n) is 4.82. The van der Waals surface area contributed by atoms with E-state index < -0.39 is 11.7 Å². The lowest BCUT2D eigenvalue weighted by atomic mass is 10.2. The minimum Gasteiger partial charge on any atom is -0.353 e. The standard InChI is InChI=1S/C20H18F3N5O/c21-20(22,23)16-6-3-7-24-18(16)27-8-10-28(11-9-27)19(29)26-17-12-14-4-1-2-5-15(14)13-25-17/h1-7,12-13H,8-11H2,(H,25,26,29). The molecule has 1 aliphatic heterocycles. The number of piperazine rings is 1. The highest BCUT2D eigenvalue weighted by molar-refractivity contribution is 5.91. The molecule has 3 heterocycles. The predicted molar refractivity (Wildman–Crippen MR) is 104 cm³/mol. The number of pyridine rings is 2. The highest BCUT2D eigenvalue weighted by Crippen LogP contribution is 2.35. The molecular formula is C20H18F3N5O. The van der Waals surface area contributed by atoms with Crippen molar-refractivity contribution in [2.24, 2.45) is 0 Å². The van der Waals surface area contributed by atoms with Crippen molar-refractivity contribution in [3.63, 3.8) is 0 Å². The first kappa shape index (κ1) is 19.0. The molecule has 4 rings (SSSR count). The van der Waals surface area contributed by atoms with E-state index in [4.69, 9.17) is 0 Å². The third kappa shape index (κ3) is 4.08. The van der Waals surface area contributed by atoms with Crippen LogP contribution in [-0.2, 0) is 6.18 Å². The van der Waals surface area contributed by atoms with Crippen LogP contribution in [0.5, 0.6) is 0 Å². The number of nitrogens with zero attached hydrogens (tertiary/aromatic N) is 4. The Labute approximate surface area is 165 Å². The van der Waals surface area contributed by atoms with Crippen LogP contribution in [0.1, 0.15) is 5.56 Å². The average Bonchev–Trinajstić information content (AvgIpc) is 2.73. The van der Waals surface area contributed by atoms with E-state index in [0.29, 0.717) is 5.82 Å². The van der Waals surface area contributed by atoms with E-state index in [-0.39, 0.29) is 38.0 Å². The number of amides is 2. The molecule has 6 nitrogen and oxygen atoms in total. The molecule has 1 fully saturated rings. The van der Waals surface area contributed by atoms with Gasteiger partial charge in [0, 0.05) is 44.0 Å². The monoisotopic (exact) mass is 401 g/mol. The smallest absolute Gasteiger partial charge is 0.353 e. The van der Waals surface area contributed by atoms with Gasteiger partial charge in [-0.05, 0) is 23.6 Å². The molecule has 1 saturated heterocycles. The van der Waals surface area contributed by atoms with Crippen LogP contribution in [-0.4, -0.2) is 47.1 Å². The number of urea groups is 1. The van der Waals surface area contributed by atoms with Gasteiger partial charge in [0.1, 0.15) is 11.6 Å². The molecule has 150 valence electrons. The summed E-state index contributed by atoms with van der Waals surface area (Å²) in [6.07, 6.45) is -1.45. The summed E-state index contributed by atoms with van der Waals surface area (Å²) in [6.45, 7) is 1.10. The quantitative estimate of drug-likeness (QED) is 0.705. The summed E-state index contributed by atoms with van der Waals surface area (Å²) in [5, 5.41) is 4.68. The number of alkyl halides is 3. The lowest BCUT2D eigenvalue weighted by molar-refractivity contribution is -0.137. The first-order valence-corrected chi connectivity index (χ1v) is 9.10. The first-order valence-electron chi connectivity index (χ1n) is 9.10. The second kappa shape index (κ2) is 7.57. The summed E-state index contributed by atoms with van der Waals surface area (Å²) in [5.74, 6) is 0.330. The van der Waals surface area contributed by atoms with Crippen molar-refractivity contribution in [1.29, 1.82) is 0 Å². The van der Waals surface area contributed by atoms with Crippen molar-refractivity contribution in [3.05, 3.63) is 60.4 Å². The Kier molecular flexibility index (Phi) is 4.96. The van der Waals surface area contributed by atoms with E-state index in [1.165, 1.54) is 12.3 Å². The third-order valence-corrected chi connectivity index (χ3v) is 4.82. The molecule has 1 N–H and O–H groups in total. The van der Waals surface area contributed by atoms with Crippen LogP contribution in [0, 0.1) is 0 Å². The Balaban J connectivity index is 1.41. The Morgan fingerprint density at radius 3 is 2.41 bits per heavy atom. The van der Waals surface area contributed by atoms with E-state index in [0.717, 1.165) is 16.8 Å². The van der Waals surface area contributed by atoms with E-state index in [9.17, 15) is 18.0 Å². The fourth-order valence-corrected chi connectivity index (χ4v) is 3.33. The summed E-state index contributed by atoms with van der Waals surface area (Å²) < 4.78 is 39.6. The maximum atomic E-state index is 13.2. The van der Waals surface area contributed by atoms with Crippen LogP contribution >= 0.6 is 0 Å². The Morgan fingerprint density at radius 1 is 0.966 bits per heavy atom. The van der Waals surface area contributed by atoms with Crippen LogP contribution in [0.2, 0.25) is 0 Å². The summed E-state index contributed by atoms with van der Waals surface area (Å²) in [7, 11) is 0. The van der Waals surface area contributed by atoms with Crippen LogP contribution in [0.3, 0.4) is 0 Å². The van der Waals surface area contributed by atoms with Crippen LogP contribution < -0.4 is 10.2 Å². The Bertz CT molecular complexity index is 1030. The largest absolute Gasteiger partial charge is 0.419 e. The second-order valence-electron chi connectivity index (χ2n) is 6.69. The van der Waals surface area contributed by atoms with Crippen molar-refractivity contribution < 1.29 is 18.0 Å². The van der Waals surface area contributed by atoms with Crippen molar-refractivity contribution in [3.8, 4) is 0 Å². The van der Waals surface area contributed by atoms with Gasteiger partial charge in [0.25, 0.3) is 0 Å². The fourth-order valence-electron chi connectivity index (χ4n) is 3.33. The van der Waals surface area contributed by atoms with E-state index in [1.54, 1.807) is 22.1 Å².